The molecule has 0 amide bonds. The van der Waals surface area contributed by atoms with Crippen molar-refractivity contribution in [2.75, 3.05) is 11.9 Å². The van der Waals surface area contributed by atoms with Crippen molar-refractivity contribution >= 4 is 11.8 Å². The highest BCUT2D eigenvalue weighted by atomic mass is 19.1. The number of benzene rings is 1. The number of anilines is 1. The van der Waals surface area contributed by atoms with Crippen LogP contribution in [-0.4, -0.2) is 22.6 Å². The van der Waals surface area contributed by atoms with Gasteiger partial charge in [-0.3, -0.25) is 0 Å². The highest BCUT2D eigenvalue weighted by molar-refractivity contribution is 5.88. The zero-order valence-corrected chi connectivity index (χ0v) is 11.1. The molecule has 4 nitrogen and oxygen atoms in total. The molecule has 1 heterocycles. The van der Waals surface area contributed by atoms with E-state index < -0.39 is 5.97 Å². The quantitative estimate of drug-likeness (QED) is 0.880. The minimum atomic E-state index is -0.993. The molecule has 0 bridgehead atoms. The second-order valence-corrected chi connectivity index (χ2v) is 4.46. The molecule has 0 fully saturated rings. The minimum Gasteiger partial charge on any atom is -0.478 e. The summed E-state index contributed by atoms with van der Waals surface area (Å²) < 4.78 is 13.4. The van der Waals surface area contributed by atoms with E-state index in [1.807, 2.05) is 0 Å². The smallest absolute Gasteiger partial charge is 0.335 e. The van der Waals surface area contributed by atoms with Gasteiger partial charge in [0.2, 0.25) is 0 Å². The van der Waals surface area contributed by atoms with Gasteiger partial charge in [-0.15, -0.1) is 0 Å². The molecular weight excluding hydrogens is 259 g/mol. The third-order valence-electron chi connectivity index (χ3n) is 2.86. The number of carboxylic acids is 1. The summed E-state index contributed by atoms with van der Waals surface area (Å²) in [5.41, 5.74) is 1.43. The summed E-state index contributed by atoms with van der Waals surface area (Å²) in [6, 6.07) is 9.55. The van der Waals surface area contributed by atoms with Gasteiger partial charge in [0.25, 0.3) is 0 Å². The number of carboxylic acid groups (broad SMARTS) is 1. The summed E-state index contributed by atoms with van der Waals surface area (Å²) in [6.45, 7) is 2.21. The van der Waals surface area contributed by atoms with Gasteiger partial charge >= 0.3 is 5.97 Å². The van der Waals surface area contributed by atoms with Gasteiger partial charge in [-0.2, -0.15) is 0 Å². The van der Waals surface area contributed by atoms with Crippen LogP contribution in [0.2, 0.25) is 0 Å². The van der Waals surface area contributed by atoms with E-state index in [4.69, 9.17) is 5.11 Å². The number of hydrogen-bond donors (Lipinski definition) is 2. The van der Waals surface area contributed by atoms with Gasteiger partial charge in [0.15, 0.2) is 0 Å². The summed E-state index contributed by atoms with van der Waals surface area (Å²) in [7, 11) is 0. The van der Waals surface area contributed by atoms with E-state index in [-0.39, 0.29) is 11.4 Å². The van der Waals surface area contributed by atoms with Crippen LogP contribution in [-0.2, 0) is 6.42 Å². The Labute approximate surface area is 116 Å². The predicted octanol–water partition coefficient (Wildman–Crippen LogP) is 2.88. The van der Waals surface area contributed by atoms with Crippen LogP contribution in [0.25, 0.3) is 0 Å². The summed E-state index contributed by atoms with van der Waals surface area (Å²) in [5, 5.41) is 12.0. The van der Waals surface area contributed by atoms with Crippen LogP contribution in [0.3, 0.4) is 0 Å². The maximum absolute atomic E-state index is 13.4. The summed E-state index contributed by atoms with van der Waals surface area (Å²) >= 11 is 0. The Morgan fingerprint density at radius 2 is 2.10 bits per heavy atom. The molecule has 0 unspecified atom stereocenters. The SMILES string of the molecule is Cc1cc(C(=O)O)cc(NCCc2ccccc2F)n1. The van der Waals surface area contributed by atoms with Crippen LogP contribution >= 0.6 is 0 Å². The average molecular weight is 274 g/mol. The van der Waals surface area contributed by atoms with Crippen molar-refractivity contribution in [1.29, 1.82) is 0 Å². The number of carbonyl (C=O) groups is 1. The third kappa shape index (κ3) is 3.54. The molecule has 104 valence electrons. The lowest BCUT2D eigenvalue weighted by atomic mass is 10.1. The highest BCUT2D eigenvalue weighted by Crippen LogP contribution is 2.11. The maximum Gasteiger partial charge on any atom is 0.335 e. The molecule has 0 saturated heterocycles. The molecule has 1 aromatic carbocycles. The van der Waals surface area contributed by atoms with E-state index in [0.717, 1.165) is 0 Å². The average Bonchev–Trinajstić information content (AvgIpc) is 2.40. The monoisotopic (exact) mass is 274 g/mol. The molecule has 5 heteroatoms. The normalized spacial score (nSPS) is 10.3. The Morgan fingerprint density at radius 1 is 1.35 bits per heavy atom. The molecule has 20 heavy (non-hydrogen) atoms. The molecule has 2 rings (SSSR count). The Kier molecular flexibility index (Phi) is 4.30. The summed E-state index contributed by atoms with van der Waals surface area (Å²) in [6.07, 6.45) is 0.505. The van der Waals surface area contributed by atoms with E-state index in [1.54, 1.807) is 25.1 Å². The number of aromatic carboxylic acids is 1. The van der Waals surface area contributed by atoms with Crippen LogP contribution in [0, 0.1) is 12.7 Å². The van der Waals surface area contributed by atoms with E-state index in [2.05, 4.69) is 10.3 Å². The largest absolute Gasteiger partial charge is 0.478 e. The number of aromatic nitrogens is 1. The van der Waals surface area contributed by atoms with Gasteiger partial charge in [0, 0.05) is 12.2 Å². The first-order valence-electron chi connectivity index (χ1n) is 6.25. The number of nitrogens with zero attached hydrogens (tertiary/aromatic N) is 1. The van der Waals surface area contributed by atoms with Crippen LogP contribution in [0.1, 0.15) is 21.6 Å². The van der Waals surface area contributed by atoms with Crippen LogP contribution in [0.15, 0.2) is 36.4 Å². The molecule has 0 aliphatic carbocycles. The lowest BCUT2D eigenvalue weighted by Gasteiger charge is -2.08. The standard InChI is InChI=1S/C15H15FN2O2/c1-10-8-12(15(19)20)9-14(18-10)17-7-6-11-4-2-3-5-13(11)16/h2-5,8-9H,6-7H2,1H3,(H,17,18)(H,19,20). The molecule has 0 saturated carbocycles. The van der Waals surface area contributed by atoms with Gasteiger partial charge in [0.05, 0.1) is 5.56 Å². The van der Waals surface area contributed by atoms with Crippen molar-refractivity contribution in [3.05, 3.63) is 59.0 Å². The molecule has 0 aliphatic rings. The van der Waals surface area contributed by atoms with Gasteiger partial charge < -0.3 is 10.4 Å². The van der Waals surface area contributed by atoms with Crippen molar-refractivity contribution in [3.63, 3.8) is 0 Å². The first-order chi connectivity index (χ1) is 9.56. The Bertz CT molecular complexity index is 629. The van der Waals surface area contributed by atoms with Crippen molar-refractivity contribution in [3.8, 4) is 0 Å². The molecule has 2 N–H and O–H groups in total. The number of nitrogens with one attached hydrogen (secondary N) is 1. The molecule has 1 aromatic heterocycles. The topological polar surface area (TPSA) is 62.2 Å². The Balaban J connectivity index is 2.01. The fourth-order valence-corrected chi connectivity index (χ4v) is 1.91. The molecule has 0 aliphatic heterocycles. The van der Waals surface area contributed by atoms with Gasteiger partial charge in [0.1, 0.15) is 11.6 Å². The number of pyridine rings is 1. The number of aryl methyl sites for hydroxylation is 1. The predicted molar refractivity (Wildman–Crippen MR) is 74.5 cm³/mol. The minimum absolute atomic E-state index is 0.186. The third-order valence-corrected chi connectivity index (χ3v) is 2.86. The fraction of sp³-hybridized carbons (Fsp3) is 0.200. The molecule has 0 radical (unpaired) electrons. The van der Waals surface area contributed by atoms with Crippen molar-refractivity contribution in [2.24, 2.45) is 0 Å². The van der Waals surface area contributed by atoms with Crippen LogP contribution < -0.4 is 5.32 Å². The van der Waals surface area contributed by atoms with Gasteiger partial charge in [-0.25, -0.2) is 14.2 Å². The van der Waals surface area contributed by atoms with Crippen molar-refractivity contribution < 1.29 is 14.3 Å². The van der Waals surface area contributed by atoms with E-state index in [9.17, 15) is 9.18 Å². The van der Waals surface area contributed by atoms with Gasteiger partial charge in [-0.05, 0) is 37.1 Å². The lowest BCUT2D eigenvalue weighted by molar-refractivity contribution is 0.0696. The Hall–Kier alpha value is -2.43. The van der Waals surface area contributed by atoms with E-state index in [1.165, 1.54) is 18.2 Å². The van der Waals surface area contributed by atoms with Crippen molar-refractivity contribution in [2.45, 2.75) is 13.3 Å². The maximum atomic E-state index is 13.4. The number of hydrogen-bond acceptors (Lipinski definition) is 3. The lowest BCUT2D eigenvalue weighted by Crippen LogP contribution is -2.09. The van der Waals surface area contributed by atoms with Crippen LogP contribution in [0.4, 0.5) is 10.2 Å². The molecule has 0 atom stereocenters. The van der Waals surface area contributed by atoms with E-state index in [0.29, 0.717) is 30.0 Å². The summed E-state index contributed by atoms with van der Waals surface area (Å²) in [5.74, 6) is -0.746. The highest BCUT2D eigenvalue weighted by Gasteiger charge is 2.06. The second kappa shape index (κ2) is 6.14. The zero-order valence-electron chi connectivity index (χ0n) is 11.1. The van der Waals surface area contributed by atoms with Crippen LogP contribution in [0.5, 0.6) is 0 Å². The van der Waals surface area contributed by atoms with Crippen molar-refractivity contribution in [1.82, 2.24) is 4.98 Å². The molecular formula is C15H15FN2O2. The molecule has 2 aromatic rings. The van der Waals surface area contributed by atoms with Gasteiger partial charge in [-0.1, -0.05) is 18.2 Å². The fourth-order valence-electron chi connectivity index (χ4n) is 1.91. The first-order valence-corrected chi connectivity index (χ1v) is 6.25. The number of rotatable bonds is 5. The molecule has 0 spiro atoms. The Morgan fingerprint density at radius 3 is 2.80 bits per heavy atom. The zero-order chi connectivity index (χ0) is 14.5. The van der Waals surface area contributed by atoms with E-state index >= 15 is 0 Å². The first kappa shape index (κ1) is 14.0. The second-order valence-electron chi connectivity index (χ2n) is 4.46. The number of halogens is 1. The summed E-state index contributed by atoms with van der Waals surface area (Å²) in [4.78, 5) is 15.1.